The number of rotatable bonds is 3. The standard InChI is InChI=1S/C12H21NO3/c1-10(2)12(4-3-11(15)9-14)13-5-7-16-8-6-13/h10-12,14-15H,5-9H2,1-2H3. The van der Waals surface area contributed by atoms with E-state index < -0.39 is 6.10 Å². The van der Waals surface area contributed by atoms with Gasteiger partial charge in [-0.05, 0) is 5.92 Å². The normalized spacial score (nSPS) is 21.3. The monoisotopic (exact) mass is 227 g/mol. The van der Waals surface area contributed by atoms with E-state index in [0.717, 1.165) is 26.3 Å². The predicted octanol–water partition coefficient (Wildman–Crippen LogP) is -0.300. The van der Waals surface area contributed by atoms with Crippen LogP contribution in [0.4, 0.5) is 0 Å². The highest BCUT2D eigenvalue weighted by atomic mass is 16.5. The molecule has 4 nitrogen and oxygen atoms in total. The van der Waals surface area contributed by atoms with Crippen molar-refractivity contribution >= 4 is 0 Å². The molecule has 16 heavy (non-hydrogen) atoms. The van der Waals surface area contributed by atoms with Gasteiger partial charge in [0.15, 0.2) is 0 Å². The molecule has 0 aromatic carbocycles. The largest absolute Gasteiger partial charge is 0.393 e. The van der Waals surface area contributed by atoms with Crippen LogP contribution >= 0.6 is 0 Å². The van der Waals surface area contributed by atoms with Gasteiger partial charge in [0.05, 0.1) is 25.9 Å². The second-order valence-electron chi connectivity index (χ2n) is 4.32. The summed E-state index contributed by atoms with van der Waals surface area (Å²) in [7, 11) is 0. The van der Waals surface area contributed by atoms with Crippen LogP contribution < -0.4 is 0 Å². The molecular weight excluding hydrogens is 206 g/mol. The molecule has 0 aromatic rings. The molecule has 0 aromatic heterocycles. The zero-order valence-electron chi connectivity index (χ0n) is 10.0. The van der Waals surface area contributed by atoms with Gasteiger partial charge in [0, 0.05) is 13.1 Å². The molecule has 2 atom stereocenters. The third kappa shape index (κ3) is 4.11. The molecule has 1 aliphatic rings. The second-order valence-corrected chi connectivity index (χ2v) is 4.32. The summed E-state index contributed by atoms with van der Waals surface area (Å²) < 4.78 is 5.30. The highest BCUT2D eigenvalue weighted by Crippen LogP contribution is 2.11. The third-order valence-corrected chi connectivity index (χ3v) is 2.64. The maximum Gasteiger partial charge on any atom is 0.137 e. The first-order chi connectivity index (χ1) is 7.65. The highest BCUT2D eigenvalue weighted by molar-refractivity contribution is 5.12. The minimum absolute atomic E-state index is 0.130. The molecule has 0 spiro atoms. The second kappa shape index (κ2) is 6.87. The summed E-state index contributed by atoms with van der Waals surface area (Å²) in [5.41, 5.74) is 0. The Morgan fingerprint density at radius 2 is 1.88 bits per heavy atom. The Balaban J connectivity index is 2.61. The molecule has 0 saturated carbocycles. The summed E-state index contributed by atoms with van der Waals surface area (Å²) in [5.74, 6) is 6.13. The Morgan fingerprint density at radius 3 is 2.38 bits per heavy atom. The number of ether oxygens (including phenoxy) is 1. The van der Waals surface area contributed by atoms with Gasteiger partial charge in [0.2, 0.25) is 0 Å². The summed E-state index contributed by atoms with van der Waals surface area (Å²) in [6, 6.07) is 0.130. The van der Waals surface area contributed by atoms with Gasteiger partial charge in [-0.25, -0.2) is 0 Å². The molecule has 0 radical (unpaired) electrons. The first kappa shape index (κ1) is 13.5. The lowest BCUT2D eigenvalue weighted by atomic mass is 10.0. The number of nitrogens with zero attached hydrogens (tertiary/aromatic N) is 1. The Hall–Kier alpha value is -0.600. The predicted molar refractivity (Wildman–Crippen MR) is 61.9 cm³/mol. The maximum absolute atomic E-state index is 9.22. The van der Waals surface area contributed by atoms with Crippen molar-refractivity contribution in [1.82, 2.24) is 4.90 Å². The van der Waals surface area contributed by atoms with Crippen LogP contribution in [-0.2, 0) is 4.74 Å². The summed E-state index contributed by atoms with van der Waals surface area (Å²) in [5, 5.41) is 17.9. The summed E-state index contributed by atoms with van der Waals surface area (Å²) in [4.78, 5) is 2.27. The minimum atomic E-state index is -0.928. The van der Waals surface area contributed by atoms with Gasteiger partial charge in [0.1, 0.15) is 6.10 Å². The van der Waals surface area contributed by atoms with Crippen molar-refractivity contribution in [1.29, 1.82) is 0 Å². The first-order valence-electron chi connectivity index (χ1n) is 5.77. The van der Waals surface area contributed by atoms with Crippen LogP contribution in [0.15, 0.2) is 0 Å². The molecule has 92 valence electrons. The van der Waals surface area contributed by atoms with Crippen molar-refractivity contribution in [3.63, 3.8) is 0 Å². The lowest BCUT2D eigenvalue weighted by Crippen LogP contribution is -2.45. The van der Waals surface area contributed by atoms with Crippen LogP contribution in [0.3, 0.4) is 0 Å². The molecule has 1 heterocycles. The number of morpholine rings is 1. The molecular formula is C12H21NO3. The van der Waals surface area contributed by atoms with E-state index in [-0.39, 0.29) is 12.6 Å². The van der Waals surface area contributed by atoms with Gasteiger partial charge in [-0.1, -0.05) is 25.7 Å². The molecule has 1 rings (SSSR count). The van der Waals surface area contributed by atoms with Crippen molar-refractivity contribution in [2.45, 2.75) is 26.0 Å². The number of aliphatic hydroxyl groups excluding tert-OH is 2. The topological polar surface area (TPSA) is 52.9 Å². The Kier molecular flexibility index (Phi) is 5.78. The SMILES string of the molecule is CC(C)C(C#CC(O)CO)N1CCOCC1. The van der Waals surface area contributed by atoms with Crippen molar-refractivity contribution in [2.24, 2.45) is 5.92 Å². The number of aliphatic hydroxyl groups is 2. The van der Waals surface area contributed by atoms with Gasteiger partial charge >= 0.3 is 0 Å². The van der Waals surface area contributed by atoms with Crippen LogP contribution in [0.2, 0.25) is 0 Å². The average molecular weight is 227 g/mol. The highest BCUT2D eigenvalue weighted by Gasteiger charge is 2.21. The van der Waals surface area contributed by atoms with Crippen LogP contribution in [0.25, 0.3) is 0 Å². The van der Waals surface area contributed by atoms with Crippen molar-refractivity contribution in [3.8, 4) is 11.8 Å². The number of hydrogen-bond acceptors (Lipinski definition) is 4. The molecule has 1 saturated heterocycles. The Bertz CT molecular complexity index is 251. The molecule has 1 aliphatic heterocycles. The quantitative estimate of drug-likeness (QED) is 0.650. The smallest absolute Gasteiger partial charge is 0.137 e. The first-order valence-corrected chi connectivity index (χ1v) is 5.77. The average Bonchev–Trinajstić information content (AvgIpc) is 2.30. The molecule has 2 N–H and O–H groups in total. The fraction of sp³-hybridized carbons (Fsp3) is 0.833. The van der Waals surface area contributed by atoms with Gasteiger partial charge in [0.25, 0.3) is 0 Å². The molecule has 4 heteroatoms. The van der Waals surface area contributed by atoms with Crippen LogP contribution in [0.1, 0.15) is 13.8 Å². The summed E-state index contributed by atoms with van der Waals surface area (Å²) >= 11 is 0. The van der Waals surface area contributed by atoms with E-state index in [1.165, 1.54) is 0 Å². The van der Waals surface area contributed by atoms with E-state index in [9.17, 15) is 5.11 Å². The van der Waals surface area contributed by atoms with Crippen molar-refractivity contribution in [2.75, 3.05) is 32.9 Å². The lowest BCUT2D eigenvalue weighted by molar-refractivity contribution is 0.0193. The van der Waals surface area contributed by atoms with E-state index in [0.29, 0.717) is 5.92 Å². The van der Waals surface area contributed by atoms with Crippen LogP contribution in [0, 0.1) is 17.8 Å². The Morgan fingerprint density at radius 1 is 1.25 bits per heavy atom. The van der Waals surface area contributed by atoms with Crippen molar-refractivity contribution in [3.05, 3.63) is 0 Å². The van der Waals surface area contributed by atoms with E-state index in [1.54, 1.807) is 0 Å². The zero-order chi connectivity index (χ0) is 12.0. The van der Waals surface area contributed by atoms with Crippen LogP contribution in [-0.4, -0.2) is 60.2 Å². The van der Waals surface area contributed by atoms with E-state index in [4.69, 9.17) is 9.84 Å². The zero-order valence-corrected chi connectivity index (χ0v) is 10.0. The fourth-order valence-corrected chi connectivity index (χ4v) is 1.76. The third-order valence-electron chi connectivity index (χ3n) is 2.64. The molecule has 1 fully saturated rings. The number of hydrogen-bond donors (Lipinski definition) is 2. The van der Waals surface area contributed by atoms with Gasteiger partial charge in [-0.2, -0.15) is 0 Å². The summed E-state index contributed by atoms with van der Waals surface area (Å²) in [6.45, 7) is 7.17. The van der Waals surface area contributed by atoms with E-state index in [1.807, 2.05) is 0 Å². The van der Waals surface area contributed by atoms with E-state index >= 15 is 0 Å². The van der Waals surface area contributed by atoms with Gasteiger partial charge in [-0.3, -0.25) is 4.90 Å². The molecule has 0 amide bonds. The molecule has 0 bridgehead atoms. The van der Waals surface area contributed by atoms with Crippen molar-refractivity contribution < 1.29 is 14.9 Å². The molecule has 2 unspecified atom stereocenters. The fourth-order valence-electron chi connectivity index (χ4n) is 1.76. The summed E-state index contributed by atoms with van der Waals surface area (Å²) in [6.07, 6.45) is -0.928. The van der Waals surface area contributed by atoms with E-state index in [2.05, 4.69) is 30.6 Å². The minimum Gasteiger partial charge on any atom is -0.393 e. The Labute approximate surface area is 97.2 Å². The van der Waals surface area contributed by atoms with Gasteiger partial charge < -0.3 is 14.9 Å². The lowest BCUT2D eigenvalue weighted by Gasteiger charge is -2.33. The van der Waals surface area contributed by atoms with Crippen LogP contribution in [0.5, 0.6) is 0 Å². The maximum atomic E-state index is 9.22. The van der Waals surface area contributed by atoms with Gasteiger partial charge in [-0.15, -0.1) is 0 Å². The molecule has 0 aliphatic carbocycles.